The van der Waals surface area contributed by atoms with Gasteiger partial charge in [-0.1, -0.05) is 51.1 Å². The second-order valence-electron chi connectivity index (χ2n) is 6.47. The Kier molecular flexibility index (Phi) is 7.23. The zero-order valence-corrected chi connectivity index (χ0v) is 13.6. The molecule has 1 rings (SSSR count). The Morgan fingerprint density at radius 2 is 1.90 bits per heavy atom. The third kappa shape index (κ3) is 7.71. The van der Waals surface area contributed by atoms with Crippen LogP contribution in [-0.4, -0.2) is 26.3 Å². The molecule has 0 aliphatic carbocycles. The highest BCUT2D eigenvalue weighted by atomic mass is 16.5. The Hall–Kier alpha value is -1.55. The van der Waals surface area contributed by atoms with Gasteiger partial charge >= 0.3 is 6.03 Å². The number of hydrogen-bond donors (Lipinski definition) is 2. The lowest BCUT2D eigenvalue weighted by Crippen LogP contribution is -2.39. The zero-order chi connectivity index (χ0) is 15.7. The Labute approximate surface area is 128 Å². The molecule has 0 aliphatic heterocycles. The summed E-state index contributed by atoms with van der Waals surface area (Å²) in [6, 6.07) is 10.0. The van der Waals surface area contributed by atoms with E-state index in [1.807, 2.05) is 18.2 Å². The van der Waals surface area contributed by atoms with Gasteiger partial charge in [-0.15, -0.1) is 0 Å². The van der Waals surface area contributed by atoms with E-state index in [0.717, 1.165) is 18.4 Å². The summed E-state index contributed by atoms with van der Waals surface area (Å²) in [5, 5.41) is 5.95. The van der Waals surface area contributed by atoms with E-state index < -0.39 is 0 Å². The molecule has 0 bridgehead atoms. The molecule has 4 heteroatoms. The van der Waals surface area contributed by atoms with Gasteiger partial charge in [0.1, 0.15) is 0 Å². The molecule has 0 radical (unpaired) electrons. The number of amides is 2. The maximum Gasteiger partial charge on any atom is 0.315 e. The fraction of sp³-hybridized carbons (Fsp3) is 0.588. The fourth-order valence-electron chi connectivity index (χ4n) is 2.18. The van der Waals surface area contributed by atoms with Gasteiger partial charge in [-0.3, -0.25) is 0 Å². The number of rotatable bonds is 7. The molecule has 1 unspecified atom stereocenters. The van der Waals surface area contributed by atoms with Crippen LogP contribution >= 0.6 is 0 Å². The summed E-state index contributed by atoms with van der Waals surface area (Å²) >= 11 is 0. The van der Waals surface area contributed by atoms with Crippen LogP contribution in [0, 0.1) is 5.41 Å². The van der Waals surface area contributed by atoms with Crippen molar-refractivity contribution in [3.63, 3.8) is 0 Å². The largest absolute Gasteiger partial charge is 0.385 e. The molecule has 1 aromatic rings. The lowest BCUT2D eigenvalue weighted by atomic mass is 9.85. The van der Waals surface area contributed by atoms with Gasteiger partial charge in [0.05, 0.1) is 6.04 Å². The molecule has 0 aliphatic rings. The minimum Gasteiger partial charge on any atom is -0.385 e. The van der Waals surface area contributed by atoms with Crippen LogP contribution in [0.2, 0.25) is 0 Å². The van der Waals surface area contributed by atoms with Gasteiger partial charge in [0.25, 0.3) is 0 Å². The number of benzene rings is 1. The minimum atomic E-state index is -0.121. The van der Waals surface area contributed by atoms with Crippen molar-refractivity contribution >= 4 is 6.03 Å². The molecule has 1 aromatic carbocycles. The Morgan fingerprint density at radius 1 is 1.24 bits per heavy atom. The maximum atomic E-state index is 12.0. The maximum absolute atomic E-state index is 12.0. The van der Waals surface area contributed by atoms with Crippen molar-refractivity contribution < 1.29 is 9.53 Å². The molecule has 118 valence electrons. The quantitative estimate of drug-likeness (QED) is 0.756. The molecule has 0 fully saturated rings. The molecule has 2 N–H and O–H groups in total. The topological polar surface area (TPSA) is 50.4 Å². The summed E-state index contributed by atoms with van der Waals surface area (Å²) in [7, 11) is 1.66. The Morgan fingerprint density at radius 3 is 2.48 bits per heavy atom. The molecule has 0 heterocycles. The van der Waals surface area contributed by atoms with Gasteiger partial charge < -0.3 is 15.4 Å². The Bertz CT molecular complexity index is 413. The SMILES string of the molecule is COCCCNC(=O)NC(CC(C)(C)C)c1ccccc1. The van der Waals surface area contributed by atoms with Crippen molar-refractivity contribution in [2.45, 2.75) is 39.7 Å². The Balaban J connectivity index is 2.59. The number of urea groups is 1. The number of carbonyl (C=O) groups is 1. The van der Waals surface area contributed by atoms with Gasteiger partial charge in [0.15, 0.2) is 0 Å². The van der Waals surface area contributed by atoms with Crippen molar-refractivity contribution in [3.8, 4) is 0 Å². The minimum absolute atomic E-state index is 0.0219. The monoisotopic (exact) mass is 292 g/mol. The van der Waals surface area contributed by atoms with E-state index in [1.165, 1.54) is 0 Å². The first-order valence-corrected chi connectivity index (χ1v) is 7.50. The van der Waals surface area contributed by atoms with Gasteiger partial charge in [-0.2, -0.15) is 0 Å². The molecule has 21 heavy (non-hydrogen) atoms. The van der Waals surface area contributed by atoms with Crippen molar-refractivity contribution in [2.24, 2.45) is 5.41 Å². The fourth-order valence-corrected chi connectivity index (χ4v) is 2.18. The second-order valence-corrected chi connectivity index (χ2v) is 6.47. The van der Waals surface area contributed by atoms with Gasteiger partial charge in [-0.05, 0) is 23.8 Å². The number of nitrogens with one attached hydrogen (secondary N) is 2. The van der Waals surface area contributed by atoms with Crippen LogP contribution < -0.4 is 10.6 Å². The van der Waals surface area contributed by atoms with Crippen molar-refractivity contribution in [2.75, 3.05) is 20.3 Å². The third-order valence-corrected chi connectivity index (χ3v) is 3.13. The highest BCUT2D eigenvalue weighted by Crippen LogP contribution is 2.29. The van der Waals surface area contributed by atoms with Gasteiger partial charge in [0, 0.05) is 20.3 Å². The van der Waals surface area contributed by atoms with Crippen LogP contribution in [0.4, 0.5) is 4.79 Å². The summed E-state index contributed by atoms with van der Waals surface area (Å²) in [5.74, 6) is 0. The molecule has 0 aromatic heterocycles. The average Bonchev–Trinajstić information content (AvgIpc) is 2.42. The van der Waals surface area contributed by atoms with Crippen LogP contribution in [0.15, 0.2) is 30.3 Å². The zero-order valence-electron chi connectivity index (χ0n) is 13.6. The lowest BCUT2D eigenvalue weighted by molar-refractivity contribution is 0.193. The van der Waals surface area contributed by atoms with Gasteiger partial charge in [-0.25, -0.2) is 4.79 Å². The highest BCUT2D eigenvalue weighted by molar-refractivity contribution is 5.74. The van der Waals surface area contributed by atoms with Crippen LogP contribution in [-0.2, 0) is 4.74 Å². The predicted octanol–water partition coefficient (Wildman–Crippen LogP) is 3.50. The van der Waals surface area contributed by atoms with E-state index in [-0.39, 0.29) is 17.5 Å². The first-order chi connectivity index (χ1) is 9.92. The van der Waals surface area contributed by atoms with Crippen molar-refractivity contribution in [1.29, 1.82) is 0 Å². The summed E-state index contributed by atoms with van der Waals surface area (Å²) in [5.41, 5.74) is 1.28. The molecule has 4 nitrogen and oxygen atoms in total. The lowest BCUT2D eigenvalue weighted by Gasteiger charge is -2.27. The number of carbonyl (C=O) groups excluding carboxylic acids is 1. The van der Waals surface area contributed by atoms with Crippen molar-refractivity contribution in [3.05, 3.63) is 35.9 Å². The molecular formula is C17H28N2O2. The van der Waals surface area contributed by atoms with E-state index in [9.17, 15) is 4.79 Å². The summed E-state index contributed by atoms with van der Waals surface area (Å²) < 4.78 is 4.97. The average molecular weight is 292 g/mol. The van der Waals surface area contributed by atoms with Crippen LogP contribution in [0.3, 0.4) is 0 Å². The molecule has 0 saturated carbocycles. The third-order valence-electron chi connectivity index (χ3n) is 3.13. The van der Waals surface area contributed by atoms with E-state index >= 15 is 0 Å². The molecule has 0 spiro atoms. The van der Waals surface area contributed by atoms with Crippen LogP contribution in [0.1, 0.15) is 45.2 Å². The predicted molar refractivity (Wildman–Crippen MR) is 86.3 cm³/mol. The van der Waals surface area contributed by atoms with Crippen molar-refractivity contribution in [1.82, 2.24) is 10.6 Å². The number of hydrogen-bond acceptors (Lipinski definition) is 2. The second kappa shape index (κ2) is 8.67. The van der Waals surface area contributed by atoms with E-state index in [2.05, 4.69) is 43.5 Å². The van der Waals surface area contributed by atoms with E-state index in [4.69, 9.17) is 4.74 Å². The van der Waals surface area contributed by atoms with Gasteiger partial charge in [0.2, 0.25) is 0 Å². The first-order valence-electron chi connectivity index (χ1n) is 7.50. The van der Waals surface area contributed by atoms with E-state index in [1.54, 1.807) is 7.11 Å². The van der Waals surface area contributed by atoms with E-state index in [0.29, 0.717) is 13.2 Å². The van der Waals surface area contributed by atoms with Crippen LogP contribution in [0.25, 0.3) is 0 Å². The molecular weight excluding hydrogens is 264 g/mol. The number of methoxy groups -OCH3 is 1. The molecule has 0 saturated heterocycles. The molecule has 2 amide bonds. The van der Waals surface area contributed by atoms with Crippen LogP contribution in [0.5, 0.6) is 0 Å². The number of ether oxygens (including phenoxy) is 1. The standard InChI is InChI=1S/C17H28N2O2/c1-17(2,3)13-15(14-9-6-5-7-10-14)19-16(20)18-11-8-12-21-4/h5-7,9-10,15H,8,11-13H2,1-4H3,(H2,18,19,20). The summed E-state index contributed by atoms with van der Waals surface area (Å²) in [6.45, 7) is 7.82. The summed E-state index contributed by atoms with van der Waals surface area (Å²) in [6.07, 6.45) is 1.71. The first kappa shape index (κ1) is 17.5. The smallest absolute Gasteiger partial charge is 0.315 e. The molecule has 1 atom stereocenters. The summed E-state index contributed by atoms with van der Waals surface area (Å²) in [4.78, 5) is 12.0. The highest BCUT2D eigenvalue weighted by Gasteiger charge is 2.21. The normalized spacial score (nSPS) is 12.8.